The van der Waals surface area contributed by atoms with Gasteiger partial charge in [0, 0.05) is 10.0 Å². The van der Waals surface area contributed by atoms with E-state index in [2.05, 4.69) is 29.8 Å². The van der Waals surface area contributed by atoms with Crippen LogP contribution in [0.3, 0.4) is 0 Å². The van der Waals surface area contributed by atoms with Gasteiger partial charge in [0.05, 0.1) is 5.56 Å². The lowest BCUT2D eigenvalue weighted by molar-refractivity contribution is 0.140. The van der Waals surface area contributed by atoms with E-state index < -0.39 is 12.0 Å². The fourth-order valence-electron chi connectivity index (χ4n) is 2.06. The van der Waals surface area contributed by atoms with Crippen molar-refractivity contribution in [2.45, 2.75) is 39.2 Å². The third kappa shape index (κ3) is 5.45. The molecule has 1 aromatic carbocycles. The molecule has 0 heterocycles. The summed E-state index contributed by atoms with van der Waals surface area (Å²) in [7, 11) is 0. The molecule has 108 valence electrons. The maximum Gasteiger partial charge on any atom is 0.267 e. The van der Waals surface area contributed by atoms with Crippen LogP contribution in [0.15, 0.2) is 22.7 Å². The first kappa shape index (κ1) is 16.4. The molecule has 0 saturated heterocycles. The zero-order valence-corrected chi connectivity index (χ0v) is 13.0. The minimum Gasteiger partial charge on any atom is -0.491 e. The van der Waals surface area contributed by atoms with E-state index in [4.69, 9.17) is 10.5 Å². The lowest BCUT2D eigenvalue weighted by Gasteiger charge is -2.27. The maximum atomic E-state index is 12.9. The molecule has 1 rings (SSSR count). The van der Waals surface area contributed by atoms with Crippen LogP contribution >= 0.6 is 15.9 Å². The topological polar surface area (TPSA) is 35.2 Å². The van der Waals surface area contributed by atoms with E-state index in [1.54, 1.807) is 6.07 Å². The van der Waals surface area contributed by atoms with E-state index in [9.17, 15) is 8.78 Å². The molecule has 0 fully saturated rings. The minimum atomic E-state index is -2.57. The van der Waals surface area contributed by atoms with Crippen LogP contribution in [0.1, 0.15) is 39.2 Å². The van der Waals surface area contributed by atoms with Crippen LogP contribution in [-0.2, 0) is 0 Å². The Bertz CT molecular complexity index is 422. The van der Waals surface area contributed by atoms with Gasteiger partial charge < -0.3 is 10.5 Å². The molecule has 1 atom stereocenters. The van der Waals surface area contributed by atoms with Gasteiger partial charge in [0.25, 0.3) is 6.43 Å². The third-order valence-corrected chi connectivity index (χ3v) is 3.13. The normalized spacial score (nSPS) is 14.8. The molecule has 1 unspecified atom stereocenters. The van der Waals surface area contributed by atoms with Crippen molar-refractivity contribution in [1.82, 2.24) is 0 Å². The Kier molecular flexibility index (Phi) is 5.74. The number of rotatable bonds is 6. The van der Waals surface area contributed by atoms with Crippen molar-refractivity contribution in [3.05, 3.63) is 28.2 Å². The van der Waals surface area contributed by atoms with Crippen LogP contribution in [0.4, 0.5) is 8.78 Å². The van der Waals surface area contributed by atoms with E-state index in [0.29, 0.717) is 10.4 Å². The number of halogens is 3. The number of benzene rings is 1. The number of alkyl halides is 2. The van der Waals surface area contributed by atoms with Gasteiger partial charge in [0.2, 0.25) is 0 Å². The highest BCUT2D eigenvalue weighted by Crippen LogP contribution is 2.32. The summed E-state index contributed by atoms with van der Waals surface area (Å²) in [5, 5.41) is 0. The quantitative estimate of drug-likeness (QED) is 0.828. The van der Waals surface area contributed by atoms with E-state index in [1.807, 2.05) is 6.92 Å². The molecular weight excluding hydrogens is 316 g/mol. The number of ether oxygens (including phenoxy) is 1. The maximum absolute atomic E-state index is 12.9. The molecule has 0 amide bonds. The lowest BCUT2D eigenvalue weighted by Crippen LogP contribution is -2.43. The Morgan fingerprint density at radius 2 is 2.00 bits per heavy atom. The van der Waals surface area contributed by atoms with Gasteiger partial charge in [0.1, 0.15) is 12.4 Å². The Balaban J connectivity index is 2.77. The second-order valence-electron chi connectivity index (χ2n) is 5.52. The Labute approximate surface area is 121 Å². The summed E-state index contributed by atoms with van der Waals surface area (Å²) < 4.78 is 31.9. The van der Waals surface area contributed by atoms with Gasteiger partial charge in [-0.1, -0.05) is 29.8 Å². The summed E-state index contributed by atoms with van der Waals surface area (Å²) in [6.07, 6.45) is -1.80. The average molecular weight is 336 g/mol. The standard InChI is InChI=1S/C14H20BrF2NO/c1-9(2)7-14(3,18)8-19-12-5-4-10(15)6-11(12)13(16)17/h4-6,9,13H,7-8,18H2,1-3H3. The molecule has 5 heteroatoms. The van der Waals surface area contributed by atoms with E-state index in [-0.39, 0.29) is 17.9 Å². The number of hydrogen-bond donors (Lipinski definition) is 1. The molecule has 0 aromatic heterocycles. The Morgan fingerprint density at radius 1 is 1.37 bits per heavy atom. The van der Waals surface area contributed by atoms with Crippen molar-refractivity contribution in [3.63, 3.8) is 0 Å². The zero-order chi connectivity index (χ0) is 14.6. The molecule has 0 radical (unpaired) electrons. The fourth-order valence-corrected chi connectivity index (χ4v) is 2.43. The van der Waals surface area contributed by atoms with Crippen molar-refractivity contribution >= 4 is 15.9 Å². The molecule has 19 heavy (non-hydrogen) atoms. The van der Waals surface area contributed by atoms with Crippen molar-refractivity contribution in [2.24, 2.45) is 11.7 Å². The van der Waals surface area contributed by atoms with Crippen molar-refractivity contribution < 1.29 is 13.5 Å². The molecule has 0 aliphatic rings. The second-order valence-corrected chi connectivity index (χ2v) is 6.44. The highest BCUT2D eigenvalue weighted by molar-refractivity contribution is 9.10. The zero-order valence-electron chi connectivity index (χ0n) is 11.4. The fraction of sp³-hybridized carbons (Fsp3) is 0.571. The number of nitrogens with two attached hydrogens (primary N) is 1. The average Bonchev–Trinajstić information content (AvgIpc) is 2.25. The monoisotopic (exact) mass is 335 g/mol. The second kappa shape index (κ2) is 6.66. The van der Waals surface area contributed by atoms with E-state index in [0.717, 1.165) is 6.42 Å². The van der Waals surface area contributed by atoms with Crippen molar-refractivity contribution in [3.8, 4) is 5.75 Å². The van der Waals surface area contributed by atoms with Gasteiger partial charge in [-0.3, -0.25) is 0 Å². The molecule has 0 aliphatic heterocycles. The first-order valence-electron chi connectivity index (χ1n) is 6.20. The molecule has 0 aliphatic carbocycles. The highest BCUT2D eigenvalue weighted by Gasteiger charge is 2.22. The Hall–Kier alpha value is -0.680. The van der Waals surface area contributed by atoms with Gasteiger partial charge in [-0.05, 0) is 37.5 Å². The molecule has 2 N–H and O–H groups in total. The third-order valence-electron chi connectivity index (χ3n) is 2.64. The van der Waals surface area contributed by atoms with Crippen LogP contribution in [-0.4, -0.2) is 12.1 Å². The van der Waals surface area contributed by atoms with E-state index >= 15 is 0 Å². The smallest absolute Gasteiger partial charge is 0.267 e. The van der Waals surface area contributed by atoms with Crippen molar-refractivity contribution in [2.75, 3.05) is 6.61 Å². The lowest BCUT2D eigenvalue weighted by atomic mass is 9.93. The van der Waals surface area contributed by atoms with Gasteiger partial charge in [-0.15, -0.1) is 0 Å². The predicted octanol–water partition coefficient (Wildman–Crippen LogP) is 4.53. The molecule has 0 spiro atoms. The molecule has 1 aromatic rings. The summed E-state index contributed by atoms with van der Waals surface area (Å²) in [5.41, 5.74) is 5.46. The van der Waals surface area contributed by atoms with Gasteiger partial charge in [0.15, 0.2) is 0 Å². The molecule has 0 saturated carbocycles. The van der Waals surface area contributed by atoms with E-state index in [1.165, 1.54) is 12.1 Å². The van der Waals surface area contributed by atoms with Gasteiger partial charge >= 0.3 is 0 Å². The largest absolute Gasteiger partial charge is 0.491 e. The Morgan fingerprint density at radius 3 is 2.53 bits per heavy atom. The van der Waals surface area contributed by atoms with Crippen LogP contribution < -0.4 is 10.5 Å². The molecule has 0 bridgehead atoms. The summed E-state index contributed by atoms with van der Waals surface area (Å²) in [6, 6.07) is 4.59. The first-order valence-corrected chi connectivity index (χ1v) is 7.00. The summed E-state index contributed by atoms with van der Waals surface area (Å²) in [4.78, 5) is 0. The van der Waals surface area contributed by atoms with Crippen LogP contribution in [0.5, 0.6) is 5.75 Å². The molecule has 2 nitrogen and oxygen atoms in total. The van der Waals surface area contributed by atoms with Crippen molar-refractivity contribution in [1.29, 1.82) is 0 Å². The number of hydrogen-bond acceptors (Lipinski definition) is 2. The minimum absolute atomic E-state index is 0.116. The van der Waals surface area contributed by atoms with Gasteiger partial charge in [-0.2, -0.15) is 0 Å². The van der Waals surface area contributed by atoms with Crippen LogP contribution in [0, 0.1) is 5.92 Å². The summed E-state index contributed by atoms with van der Waals surface area (Å²) >= 11 is 3.17. The predicted molar refractivity (Wildman–Crippen MR) is 76.6 cm³/mol. The SMILES string of the molecule is CC(C)CC(C)(N)COc1ccc(Br)cc1C(F)F. The first-order chi connectivity index (χ1) is 8.71. The summed E-state index contributed by atoms with van der Waals surface area (Å²) in [5.74, 6) is 0.622. The van der Waals surface area contributed by atoms with Crippen LogP contribution in [0.2, 0.25) is 0 Å². The highest BCUT2D eigenvalue weighted by atomic mass is 79.9. The molecular formula is C14H20BrF2NO. The van der Waals surface area contributed by atoms with Gasteiger partial charge in [-0.25, -0.2) is 8.78 Å². The van der Waals surface area contributed by atoms with Crippen LogP contribution in [0.25, 0.3) is 0 Å². The summed E-state index contributed by atoms with van der Waals surface area (Å²) in [6.45, 7) is 6.21.